The van der Waals surface area contributed by atoms with Gasteiger partial charge in [0.1, 0.15) is 0 Å². The molecule has 4 heteroatoms. The third-order valence-electron chi connectivity index (χ3n) is 2.12. The first-order valence-electron chi connectivity index (χ1n) is 4.84. The van der Waals surface area contributed by atoms with Gasteiger partial charge in [0.15, 0.2) is 0 Å². The van der Waals surface area contributed by atoms with Gasteiger partial charge in [-0.25, -0.2) is 0 Å². The topological polar surface area (TPSA) is 43.1 Å². The van der Waals surface area contributed by atoms with Crippen LogP contribution >= 0.6 is 11.3 Å². The lowest BCUT2D eigenvalue weighted by molar-refractivity contribution is 0.663. The largest absolute Gasteiger partial charge is 0.327 e. The lowest BCUT2D eigenvalue weighted by Crippen LogP contribution is -2.27. The minimum Gasteiger partial charge on any atom is -0.327 e. The van der Waals surface area contributed by atoms with E-state index in [0.29, 0.717) is 5.75 Å². The Labute approximate surface area is 92.0 Å². The third kappa shape index (κ3) is 4.35. The number of hydrogen-bond acceptors (Lipinski definition) is 3. The summed E-state index contributed by atoms with van der Waals surface area (Å²) in [6, 6.07) is 2.18. The first kappa shape index (κ1) is 11.9. The van der Waals surface area contributed by atoms with Crippen molar-refractivity contribution in [3.05, 3.63) is 22.4 Å². The molecule has 1 heterocycles. The summed E-state index contributed by atoms with van der Waals surface area (Å²) in [6.07, 6.45) is 1.82. The second-order valence-corrected chi connectivity index (χ2v) is 5.76. The minimum absolute atomic E-state index is 0.0957. The summed E-state index contributed by atoms with van der Waals surface area (Å²) in [5, 5.41) is 4.16. The Morgan fingerprint density at radius 2 is 2.43 bits per heavy atom. The maximum atomic E-state index is 11.5. The Balaban J connectivity index is 2.22. The van der Waals surface area contributed by atoms with E-state index in [1.165, 1.54) is 5.56 Å². The summed E-state index contributed by atoms with van der Waals surface area (Å²) < 4.78 is 11.5. The molecule has 2 nitrogen and oxygen atoms in total. The highest BCUT2D eigenvalue weighted by atomic mass is 32.2. The van der Waals surface area contributed by atoms with Gasteiger partial charge in [0.2, 0.25) is 0 Å². The Hall–Kier alpha value is -0.190. The second kappa shape index (κ2) is 6.32. The molecule has 2 atom stereocenters. The van der Waals surface area contributed by atoms with Crippen molar-refractivity contribution in [2.45, 2.75) is 25.8 Å². The van der Waals surface area contributed by atoms with Gasteiger partial charge in [-0.05, 0) is 35.2 Å². The highest BCUT2D eigenvalue weighted by molar-refractivity contribution is 7.85. The van der Waals surface area contributed by atoms with Crippen molar-refractivity contribution >= 4 is 22.1 Å². The fraction of sp³-hybridized carbons (Fsp3) is 0.600. The normalized spacial score (nSPS) is 15.3. The zero-order valence-electron chi connectivity index (χ0n) is 8.44. The summed E-state index contributed by atoms with van der Waals surface area (Å²) in [6.45, 7) is 2.03. The van der Waals surface area contributed by atoms with Gasteiger partial charge in [-0.1, -0.05) is 6.92 Å². The van der Waals surface area contributed by atoms with E-state index in [1.54, 1.807) is 11.3 Å². The molecule has 0 aliphatic heterocycles. The smallest absolute Gasteiger partial charge is 0.0386 e. The van der Waals surface area contributed by atoms with E-state index in [2.05, 4.69) is 16.8 Å². The number of thiophene rings is 1. The third-order valence-corrected chi connectivity index (χ3v) is 4.31. The van der Waals surface area contributed by atoms with Crippen molar-refractivity contribution in [3.63, 3.8) is 0 Å². The molecule has 0 spiro atoms. The number of nitrogens with two attached hydrogens (primary N) is 1. The Morgan fingerprint density at radius 3 is 3.00 bits per heavy atom. The SMILES string of the molecule is CCC(N)CS(=O)CCc1ccsc1. The van der Waals surface area contributed by atoms with Crippen LogP contribution in [0.15, 0.2) is 16.8 Å². The first-order valence-corrected chi connectivity index (χ1v) is 7.27. The van der Waals surface area contributed by atoms with Crippen LogP contribution in [0.4, 0.5) is 0 Å². The molecule has 0 aromatic carbocycles. The quantitative estimate of drug-likeness (QED) is 0.811. The van der Waals surface area contributed by atoms with Gasteiger partial charge in [-0.2, -0.15) is 11.3 Å². The van der Waals surface area contributed by atoms with Crippen LogP contribution in [-0.2, 0) is 17.2 Å². The summed E-state index contributed by atoms with van der Waals surface area (Å²) in [5.74, 6) is 1.38. The molecule has 1 rings (SSSR count). The molecule has 0 saturated heterocycles. The molecule has 80 valence electrons. The van der Waals surface area contributed by atoms with Crippen molar-refractivity contribution in [3.8, 4) is 0 Å². The Morgan fingerprint density at radius 1 is 1.64 bits per heavy atom. The van der Waals surface area contributed by atoms with E-state index in [1.807, 2.05) is 6.92 Å². The molecule has 0 aliphatic rings. The monoisotopic (exact) mass is 231 g/mol. The lowest BCUT2D eigenvalue weighted by atomic mass is 10.3. The minimum atomic E-state index is -0.755. The summed E-state index contributed by atoms with van der Waals surface area (Å²) in [7, 11) is -0.755. The molecule has 1 aromatic heterocycles. The average molecular weight is 231 g/mol. The molecule has 0 fully saturated rings. The Bertz CT molecular complexity index is 272. The van der Waals surface area contributed by atoms with E-state index < -0.39 is 10.8 Å². The van der Waals surface area contributed by atoms with E-state index >= 15 is 0 Å². The molecule has 14 heavy (non-hydrogen) atoms. The molecule has 1 aromatic rings. The van der Waals surface area contributed by atoms with Gasteiger partial charge < -0.3 is 5.73 Å². The van der Waals surface area contributed by atoms with Crippen LogP contribution < -0.4 is 5.73 Å². The summed E-state index contributed by atoms with van der Waals surface area (Å²) in [4.78, 5) is 0. The molecule has 2 N–H and O–H groups in total. The molecular formula is C10H17NOS2. The van der Waals surface area contributed by atoms with Crippen LogP contribution in [0.25, 0.3) is 0 Å². The number of hydrogen-bond donors (Lipinski definition) is 1. The maximum absolute atomic E-state index is 11.5. The number of rotatable bonds is 6. The lowest BCUT2D eigenvalue weighted by Gasteiger charge is -2.07. The highest BCUT2D eigenvalue weighted by Gasteiger charge is 2.06. The standard InChI is InChI=1S/C10H17NOS2/c1-2-10(11)8-14(12)6-4-9-3-5-13-7-9/h3,5,7,10H,2,4,6,8,11H2,1H3. The molecule has 0 radical (unpaired) electrons. The molecule has 0 aliphatic carbocycles. The van der Waals surface area contributed by atoms with E-state index in [9.17, 15) is 4.21 Å². The van der Waals surface area contributed by atoms with Crippen molar-refractivity contribution < 1.29 is 4.21 Å². The van der Waals surface area contributed by atoms with Crippen LogP contribution in [0.1, 0.15) is 18.9 Å². The van der Waals surface area contributed by atoms with Gasteiger partial charge in [0.05, 0.1) is 0 Å². The molecule has 2 unspecified atom stereocenters. The van der Waals surface area contributed by atoms with Gasteiger partial charge in [-0.15, -0.1) is 0 Å². The van der Waals surface area contributed by atoms with Gasteiger partial charge in [0, 0.05) is 28.3 Å². The zero-order valence-corrected chi connectivity index (χ0v) is 10.1. The van der Waals surface area contributed by atoms with Crippen molar-refractivity contribution in [2.75, 3.05) is 11.5 Å². The van der Waals surface area contributed by atoms with Crippen LogP contribution in [-0.4, -0.2) is 21.8 Å². The van der Waals surface area contributed by atoms with E-state index in [-0.39, 0.29) is 6.04 Å². The van der Waals surface area contributed by atoms with E-state index in [0.717, 1.165) is 18.6 Å². The Kier molecular flexibility index (Phi) is 5.37. The molecule has 0 saturated carbocycles. The average Bonchev–Trinajstić information content (AvgIpc) is 2.67. The molecule has 0 amide bonds. The molecule has 0 bridgehead atoms. The summed E-state index contributed by atoms with van der Waals surface area (Å²) in [5.41, 5.74) is 7.02. The second-order valence-electron chi connectivity index (χ2n) is 3.36. The fourth-order valence-electron chi connectivity index (χ4n) is 1.11. The van der Waals surface area contributed by atoms with Crippen LogP contribution in [0.5, 0.6) is 0 Å². The van der Waals surface area contributed by atoms with Crippen LogP contribution in [0, 0.1) is 0 Å². The van der Waals surface area contributed by atoms with Crippen LogP contribution in [0.3, 0.4) is 0 Å². The van der Waals surface area contributed by atoms with Gasteiger partial charge in [-0.3, -0.25) is 4.21 Å². The van der Waals surface area contributed by atoms with Gasteiger partial charge in [0.25, 0.3) is 0 Å². The predicted octanol–water partition coefficient (Wildman–Crippen LogP) is 1.78. The van der Waals surface area contributed by atoms with Crippen LogP contribution in [0.2, 0.25) is 0 Å². The maximum Gasteiger partial charge on any atom is 0.0386 e. The zero-order chi connectivity index (χ0) is 10.4. The van der Waals surface area contributed by atoms with Crippen molar-refractivity contribution in [1.29, 1.82) is 0 Å². The summed E-state index contributed by atoms with van der Waals surface area (Å²) >= 11 is 1.69. The number of aryl methyl sites for hydroxylation is 1. The fourth-order valence-corrected chi connectivity index (χ4v) is 3.15. The molecular weight excluding hydrogens is 214 g/mol. The highest BCUT2D eigenvalue weighted by Crippen LogP contribution is 2.07. The predicted molar refractivity (Wildman–Crippen MR) is 64.2 cm³/mol. The van der Waals surface area contributed by atoms with E-state index in [4.69, 9.17) is 5.73 Å². The van der Waals surface area contributed by atoms with Gasteiger partial charge >= 0.3 is 0 Å². The first-order chi connectivity index (χ1) is 6.72. The van der Waals surface area contributed by atoms with Crippen molar-refractivity contribution in [1.82, 2.24) is 0 Å². The van der Waals surface area contributed by atoms with Crippen molar-refractivity contribution in [2.24, 2.45) is 5.73 Å².